The van der Waals surface area contributed by atoms with Gasteiger partial charge in [0.25, 0.3) is 0 Å². The van der Waals surface area contributed by atoms with Crippen molar-refractivity contribution in [3.8, 4) is 11.8 Å². The number of hydrogen-bond acceptors (Lipinski definition) is 5. The number of nitrogen functional groups attached to an aromatic ring is 1. The molecule has 5 nitrogen and oxygen atoms in total. The second-order valence-electron chi connectivity index (χ2n) is 4.48. The molecule has 0 unspecified atom stereocenters. The summed E-state index contributed by atoms with van der Waals surface area (Å²) in [6.07, 6.45) is 0. The number of hydrogen-bond donors (Lipinski definition) is 1. The van der Waals surface area contributed by atoms with Crippen LogP contribution in [0, 0.1) is 11.3 Å². The molecule has 0 aliphatic heterocycles. The molecular weight excluding hydrogens is 288 g/mol. The van der Waals surface area contributed by atoms with E-state index in [1.807, 2.05) is 6.07 Å². The normalized spacial score (nSPS) is 10.9. The smallest absolute Gasteiger partial charge is 0.182 e. The van der Waals surface area contributed by atoms with Gasteiger partial charge in [0.15, 0.2) is 9.84 Å². The Balaban J connectivity index is 2.35. The van der Waals surface area contributed by atoms with Crippen LogP contribution in [0.4, 0.5) is 5.69 Å². The molecule has 21 heavy (non-hydrogen) atoms. The zero-order valence-corrected chi connectivity index (χ0v) is 12.2. The molecule has 2 rings (SSSR count). The number of rotatable bonds is 4. The van der Waals surface area contributed by atoms with Crippen LogP contribution in [0.3, 0.4) is 0 Å². The van der Waals surface area contributed by atoms with Gasteiger partial charge in [0.2, 0.25) is 0 Å². The molecule has 0 aromatic heterocycles. The highest BCUT2D eigenvalue weighted by Crippen LogP contribution is 2.23. The Bertz CT molecular complexity index is 808. The molecule has 0 aliphatic carbocycles. The molecule has 108 valence electrons. The first-order chi connectivity index (χ1) is 9.96. The van der Waals surface area contributed by atoms with Crippen molar-refractivity contribution in [2.75, 3.05) is 12.8 Å². The minimum Gasteiger partial charge on any atom is -0.495 e. The minimum atomic E-state index is -3.51. The van der Waals surface area contributed by atoms with E-state index < -0.39 is 9.84 Å². The fourth-order valence-electron chi connectivity index (χ4n) is 1.94. The van der Waals surface area contributed by atoms with Crippen LogP contribution >= 0.6 is 0 Å². The van der Waals surface area contributed by atoms with Gasteiger partial charge in [-0.3, -0.25) is 0 Å². The topological polar surface area (TPSA) is 93.2 Å². The summed E-state index contributed by atoms with van der Waals surface area (Å²) >= 11 is 0. The summed E-state index contributed by atoms with van der Waals surface area (Å²) in [4.78, 5) is 0.164. The van der Waals surface area contributed by atoms with E-state index in [1.54, 1.807) is 24.3 Å². The molecule has 0 aliphatic rings. The Labute approximate surface area is 123 Å². The number of benzene rings is 2. The summed E-state index contributed by atoms with van der Waals surface area (Å²) in [5, 5.41) is 9.03. The third-order valence-corrected chi connectivity index (χ3v) is 4.64. The average Bonchev–Trinajstić information content (AvgIpc) is 2.46. The lowest BCUT2D eigenvalue weighted by atomic mass is 10.1. The van der Waals surface area contributed by atoms with Crippen LogP contribution in [0.1, 0.15) is 11.1 Å². The van der Waals surface area contributed by atoms with Gasteiger partial charge in [-0.05, 0) is 35.9 Å². The van der Waals surface area contributed by atoms with Gasteiger partial charge in [0.05, 0.1) is 23.3 Å². The van der Waals surface area contributed by atoms with Gasteiger partial charge in [-0.1, -0.05) is 12.1 Å². The van der Waals surface area contributed by atoms with Crippen LogP contribution in [0.15, 0.2) is 47.4 Å². The highest BCUT2D eigenvalue weighted by Gasteiger charge is 2.16. The number of nitrogens with two attached hydrogens (primary N) is 1. The molecule has 2 aromatic rings. The third-order valence-electron chi connectivity index (χ3n) is 2.96. The van der Waals surface area contributed by atoms with Crippen molar-refractivity contribution in [1.29, 1.82) is 5.26 Å². The van der Waals surface area contributed by atoms with Crippen LogP contribution in [0.5, 0.6) is 5.75 Å². The summed E-state index contributed by atoms with van der Waals surface area (Å²) in [5.74, 6) is 0.220. The molecule has 0 amide bonds. The van der Waals surface area contributed by atoms with E-state index in [9.17, 15) is 8.42 Å². The molecule has 6 heteroatoms. The van der Waals surface area contributed by atoms with E-state index in [2.05, 4.69) is 0 Å². The van der Waals surface area contributed by atoms with Crippen LogP contribution in [-0.4, -0.2) is 15.5 Å². The number of sulfone groups is 1. The molecule has 0 heterocycles. The second kappa shape index (κ2) is 5.85. The lowest BCUT2D eigenvalue weighted by Gasteiger charge is -2.08. The maximum absolute atomic E-state index is 12.3. The first-order valence-corrected chi connectivity index (χ1v) is 7.77. The van der Waals surface area contributed by atoms with Gasteiger partial charge < -0.3 is 10.5 Å². The Kier molecular flexibility index (Phi) is 4.15. The minimum absolute atomic E-state index is 0.164. The summed E-state index contributed by atoms with van der Waals surface area (Å²) < 4.78 is 29.7. The fraction of sp³-hybridized carbons (Fsp3) is 0.133. The van der Waals surface area contributed by atoms with Crippen molar-refractivity contribution in [1.82, 2.24) is 0 Å². The van der Waals surface area contributed by atoms with Crippen molar-refractivity contribution in [3.63, 3.8) is 0 Å². The molecule has 0 bridgehead atoms. The molecule has 0 saturated heterocycles. The molecule has 2 N–H and O–H groups in total. The number of anilines is 1. The SMILES string of the molecule is COc1ccc(CS(=O)(=O)c2cccc(N)c2)cc1C#N. The Morgan fingerprint density at radius 3 is 2.62 bits per heavy atom. The fourth-order valence-corrected chi connectivity index (χ4v) is 3.33. The molecule has 0 fully saturated rings. The van der Waals surface area contributed by atoms with Gasteiger partial charge in [0.1, 0.15) is 11.8 Å². The van der Waals surface area contributed by atoms with Gasteiger partial charge in [-0.15, -0.1) is 0 Å². The van der Waals surface area contributed by atoms with Crippen molar-refractivity contribution >= 4 is 15.5 Å². The Morgan fingerprint density at radius 1 is 1.24 bits per heavy atom. The first-order valence-electron chi connectivity index (χ1n) is 6.11. The molecule has 0 saturated carbocycles. The van der Waals surface area contributed by atoms with Gasteiger partial charge in [-0.2, -0.15) is 5.26 Å². The van der Waals surface area contributed by atoms with Gasteiger partial charge in [0, 0.05) is 5.69 Å². The van der Waals surface area contributed by atoms with E-state index in [0.29, 0.717) is 22.6 Å². The molecule has 2 aromatic carbocycles. The summed E-state index contributed by atoms with van der Waals surface area (Å²) in [6.45, 7) is 0. The van der Waals surface area contributed by atoms with Gasteiger partial charge >= 0.3 is 0 Å². The van der Waals surface area contributed by atoms with E-state index in [-0.39, 0.29) is 10.6 Å². The molecule has 0 spiro atoms. The zero-order valence-electron chi connectivity index (χ0n) is 11.4. The first kappa shape index (κ1) is 14.9. The van der Waals surface area contributed by atoms with Crippen LogP contribution in [0.2, 0.25) is 0 Å². The molecular formula is C15H14N2O3S. The van der Waals surface area contributed by atoms with E-state index >= 15 is 0 Å². The average molecular weight is 302 g/mol. The quantitative estimate of drug-likeness (QED) is 0.873. The Hall–Kier alpha value is -2.52. The van der Waals surface area contributed by atoms with Crippen LogP contribution in [-0.2, 0) is 15.6 Å². The maximum Gasteiger partial charge on any atom is 0.182 e. The van der Waals surface area contributed by atoms with Crippen molar-refractivity contribution in [2.45, 2.75) is 10.6 Å². The van der Waals surface area contributed by atoms with Crippen molar-refractivity contribution in [3.05, 3.63) is 53.6 Å². The maximum atomic E-state index is 12.3. The third kappa shape index (κ3) is 3.33. The predicted molar refractivity (Wildman–Crippen MR) is 79.5 cm³/mol. The molecule has 0 radical (unpaired) electrons. The van der Waals surface area contributed by atoms with E-state index in [1.165, 1.54) is 25.3 Å². The standard InChI is InChI=1S/C15H14N2O3S/c1-20-15-6-5-11(7-12(15)9-16)10-21(18,19)14-4-2-3-13(17)8-14/h2-8H,10,17H2,1H3. The number of nitrogens with zero attached hydrogens (tertiary/aromatic N) is 1. The van der Waals surface area contributed by atoms with E-state index in [0.717, 1.165) is 0 Å². The molecule has 0 atom stereocenters. The second-order valence-corrected chi connectivity index (χ2v) is 6.47. The summed E-state index contributed by atoms with van der Waals surface area (Å²) in [5.41, 5.74) is 6.83. The van der Waals surface area contributed by atoms with Crippen LogP contribution < -0.4 is 10.5 Å². The highest BCUT2D eigenvalue weighted by molar-refractivity contribution is 7.90. The predicted octanol–water partition coefficient (Wildman–Crippen LogP) is 2.12. The number of nitriles is 1. The van der Waals surface area contributed by atoms with Crippen molar-refractivity contribution in [2.24, 2.45) is 0 Å². The van der Waals surface area contributed by atoms with Crippen LogP contribution in [0.25, 0.3) is 0 Å². The highest BCUT2D eigenvalue weighted by atomic mass is 32.2. The number of methoxy groups -OCH3 is 1. The van der Waals surface area contributed by atoms with Crippen molar-refractivity contribution < 1.29 is 13.2 Å². The lowest BCUT2D eigenvalue weighted by molar-refractivity contribution is 0.413. The van der Waals surface area contributed by atoms with E-state index in [4.69, 9.17) is 15.7 Å². The lowest BCUT2D eigenvalue weighted by Crippen LogP contribution is -2.06. The summed E-state index contributed by atoms with van der Waals surface area (Å²) in [6, 6.07) is 12.9. The monoisotopic (exact) mass is 302 g/mol. The summed E-state index contributed by atoms with van der Waals surface area (Å²) in [7, 11) is -2.05. The van der Waals surface area contributed by atoms with Gasteiger partial charge in [-0.25, -0.2) is 8.42 Å². The largest absolute Gasteiger partial charge is 0.495 e. The zero-order chi connectivity index (χ0) is 15.5. The Morgan fingerprint density at radius 2 is 2.00 bits per heavy atom. The number of ether oxygens (including phenoxy) is 1.